The number of halogens is 8. The molecule has 1 aliphatic heterocycles. The lowest BCUT2D eigenvalue weighted by Gasteiger charge is -2.30. The van der Waals surface area contributed by atoms with Crippen molar-refractivity contribution in [3.05, 3.63) is 62.0 Å². The Morgan fingerprint density at radius 2 is 1.88 bits per heavy atom. The molecule has 0 aliphatic carbocycles. The summed E-state index contributed by atoms with van der Waals surface area (Å²) in [6.45, 7) is 1.39. The lowest BCUT2D eigenvalue weighted by Crippen LogP contribution is -2.45. The number of nitrogens with zero attached hydrogens (tertiary/aromatic N) is 2. The smallest absolute Gasteiger partial charge is 0.435 e. The SMILES string of the molecule is CCOC(=O)N(C1=NOC(c2cc(Cl)c(F)c(Cl)c2)(C(F)(F)F)C1)c1ccc(F)c(Br)c1. The van der Waals surface area contributed by atoms with Crippen LogP contribution in [-0.4, -0.2) is 24.7 Å². The van der Waals surface area contributed by atoms with Gasteiger partial charge in [-0.1, -0.05) is 28.4 Å². The summed E-state index contributed by atoms with van der Waals surface area (Å²) in [5.41, 5.74) is -3.78. The number of hydrogen-bond acceptors (Lipinski definition) is 4. The standard InChI is InChI=1S/C19H12BrCl2F5N2O3/c1-2-31-17(30)29(10-3-4-14(23)11(20)7-10)15-8-18(32-28-15,19(25,26)27)9-5-12(21)16(24)13(22)6-9/h3-7H,2,8H2,1H3. The molecule has 2 aromatic carbocycles. The molecule has 1 heterocycles. The number of ether oxygens (including phenoxy) is 1. The number of carbonyl (C=O) groups excluding carboxylic acids is 1. The van der Waals surface area contributed by atoms with Gasteiger partial charge >= 0.3 is 12.3 Å². The van der Waals surface area contributed by atoms with Crippen LogP contribution in [0.1, 0.15) is 18.9 Å². The van der Waals surface area contributed by atoms with Gasteiger partial charge < -0.3 is 9.57 Å². The second kappa shape index (κ2) is 9.03. The van der Waals surface area contributed by atoms with Gasteiger partial charge in [-0.25, -0.2) is 18.5 Å². The summed E-state index contributed by atoms with van der Waals surface area (Å²) in [6.07, 6.45) is -7.16. The molecule has 0 aromatic heterocycles. The van der Waals surface area contributed by atoms with Crippen LogP contribution in [0.4, 0.5) is 32.4 Å². The molecule has 0 bridgehead atoms. The average Bonchev–Trinajstić information content (AvgIpc) is 3.15. The topological polar surface area (TPSA) is 51.1 Å². The molecule has 1 unspecified atom stereocenters. The van der Waals surface area contributed by atoms with Crippen molar-refractivity contribution in [3.63, 3.8) is 0 Å². The minimum absolute atomic E-state index is 0.0350. The van der Waals surface area contributed by atoms with E-state index < -0.39 is 57.4 Å². The predicted octanol–water partition coefficient (Wildman–Crippen LogP) is 7.19. The Labute approximate surface area is 196 Å². The van der Waals surface area contributed by atoms with Gasteiger partial charge in [-0.05, 0) is 53.2 Å². The first-order chi connectivity index (χ1) is 14.9. The molecule has 1 atom stereocenters. The first kappa shape index (κ1) is 24.5. The Bertz CT molecular complexity index is 1080. The van der Waals surface area contributed by atoms with Crippen molar-refractivity contribution >= 4 is 56.7 Å². The summed E-state index contributed by atoms with van der Waals surface area (Å²) in [4.78, 5) is 18.1. The van der Waals surface area contributed by atoms with Crippen LogP contribution >= 0.6 is 39.1 Å². The molecule has 0 N–H and O–H groups in total. The van der Waals surface area contributed by atoms with E-state index in [1.54, 1.807) is 0 Å². The van der Waals surface area contributed by atoms with Crippen LogP contribution in [0.15, 0.2) is 40.0 Å². The fourth-order valence-electron chi connectivity index (χ4n) is 2.97. The fraction of sp³-hybridized carbons (Fsp3) is 0.263. The summed E-state index contributed by atoms with van der Waals surface area (Å²) in [6, 6.07) is 4.75. The Hall–Kier alpha value is -2.11. The van der Waals surface area contributed by atoms with Crippen molar-refractivity contribution < 1.29 is 36.3 Å². The van der Waals surface area contributed by atoms with Gasteiger partial charge in [-0.15, -0.1) is 0 Å². The zero-order chi connectivity index (χ0) is 23.8. The van der Waals surface area contributed by atoms with Crippen molar-refractivity contribution in [2.24, 2.45) is 5.16 Å². The molecule has 3 rings (SSSR count). The van der Waals surface area contributed by atoms with E-state index in [2.05, 4.69) is 21.1 Å². The maximum absolute atomic E-state index is 14.2. The maximum atomic E-state index is 14.2. The zero-order valence-electron chi connectivity index (χ0n) is 15.9. The molecular formula is C19H12BrCl2F5N2O3. The fourth-order valence-corrected chi connectivity index (χ4v) is 3.82. The van der Waals surface area contributed by atoms with E-state index in [4.69, 9.17) is 32.8 Å². The van der Waals surface area contributed by atoms with Crippen LogP contribution in [0.3, 0.4) is 0 Å². The van der Waals surface area contributed by atoms with Crippen LogP contribution in [0.25, 0.3) is 0 Å². The van der Waals surface area contributed by atoms with Crippen molar-refractivity contribution in [2.45, 2.75) is 25.1 Å². The van der Waals surface area contributed by atoms with E-state index in [1.165, 1.54) is 6.92 Å². The number of rotatable bonds is 3. The van der Waals surface area contributed by atoms with Crippen molar-refractivity contribution in [2.75, 3.05) is 11.5 Å². The van der Waals surface area contributed by atoms with Gasteiger partial charge in [-0.2, -0.15) is 13.2 Å². The molecule has 0 saturated carbocycles. The Balaban J connectivity index is 2.09. The molecule has 0 saturated heterocycles. The molecular weight excluding hydrogens is 550 g/mol. The van der Waals surface area contributed by atoms with Crippen LogP contribution < -0.4 is 4.90 Å². The van der Waals surface area contributed by atoms with E-state index in [-0.39, 0.29) is 16.8 Å². The summed E-state index contributed by atoms with van der Waals surface area (Å²) >= 11 is 14.3. The Kier molecular flexibility index (Phi) is 6.92. The number of anilines is 1. The first-order valence-corrected chi connectivity index (χ1v) is 10.3. The van der Waals surface area contributed by atoms with Crippen LogP contribution in [0, 0.1) is 11.6 Å². The molecule has 2 aromatic rings. The lowest BCUT2D eigenvalue weighted by molar-refractivity contribution is -0.275. The van der Waals surface area contributed by atoms with Crippen LogP contribution in [0.2, 0.25) is 10.0 Å². The Morgan fingerprint density at radius 1 is 1.25 bits per heavy atom. The van der Waals surface area contributed by atoms with Crippen molar-refractivity contribution in [3.8, 4) is 0 Å². The van der Waals surface area contributed by atoms with E-state index in [0.717, 1.165) is 30.3 Å². The second-order valence-electron chi connectivity index (χ2n) is 6.49. The quantitative estimate of drug-likeness (QED) is 0.294. The highest BCUT2D eigenvalue weighted by Crippen LogP contribution is 2.50. The van der Waals surface area contributed by atoms with Gasteiger partial charge in [-0.3, -0.25) is 0 Å². The molecule has 0 radical (unpaired) electrons. The number of hydrogen-bond donors (Lipinski definition) is 0. The van der Waals surface area contributed by atoms with Gasteiger partial charge in [0.25, 0.3) is 5.60 Å². The average molecular weight is 562 g/mol. The Morgan fingerprint density at radius 3 is 2.41 bits per heavy atom. The van der Waals surface area contributed by atoms with Gasteiger partial charge in [0, 0.05) is 5.56 Å². The number of amides is 1. The van der Waals surface area contributed by atoms with Gasteiger partial charge in [0.2, 0.25) is 0 Å². The van der Waals surface area contributed by atoms with Crippen LogP contribution in [0.5, 0.6) is 0 Å². The molecule has 13 heteroatoms. The molecule has 0 fully saturated rings. The van der Waals surface area contributed by atoms with Gasteiger partial charge in [0.05, 0.1) is 33.2 Å². The third kappa shape index (κ3) is 4.38. The number of alkyl halides is 3. The highest BCUT2D eigenvalue weighted by Gasteiger charge is 2.63. The van der Waals surface area contributed by atoms with E-state index in [9.17, 15) is 26.7 Å². The normalized spacial score (nSPS) is 18.2. The molecule has 0 spiro atoms. The zero-order valence-corrected chi connectivity index (χ0v) is 19.0. The monoisotopic (exact) mass is 560 g/mol. The summed E-state index contributed by atoms with van der Waals surface area (Å²) in [5.74, 6) is -2.25. The first-order valence-electron chi connectivity index (χ1n) is 8.80. The molecule has 172 valence electrons. The summed E-state index contributed by atoms with van der Waals surface area (Å²) < 4.78 is 74.9. The number of carbonyl (C=O) groups is 1. The van der Waals surface area contributed by atoms with E-state index >= 15 is 0 Å². The molecule has 5 nitrogen and oxygen atoms in total. The van der Waals surface area contributed by atoms with Crippen LogP contribution in [-0.2, 0) is 15.2 Å². The number of amidine groups is 1. The molecule has 32 heavy (non-hydrogen) atoms. The minimum Gasteiger partial charge on any atom is -0.449 e. The van der Waals surface area contributed by atoms with Gasteiger partial charge in [0.1, 0.15) is 5.82 Å². The second-order valence-corrected chi connectivity index (χ2v) is 8.16. The highest BCUT2D eigenvalue weighted by atomic mass is 79.9. The number of oxime groups is 1. The van der Waals surface area contributed by atoms with E-state index in [1.807, 2.05) is 0 Å². The largest absolute Gasteiger partial charge is 0.449 e. The molecule has 1 amide bonds. The third-order valence-corrected chi connectivity index (χ3v) is 5.65. The summed E-state index contributed by atoms with van der Waals surface area (Å²) in [5, 5.41) is 2.17. The highest BCUT2D eigenvalue weighted by molar-refractivity contribution is 9.10. The minimum atomic E-state index is -5.08. The van der Waals surface area contributed by atoms with Crippen molar-refractivity contribution in [1.82, 2.24) is 0 Å². The third-order valence-electron chi connectivity index (χ3n) is 4.49. The van der Waals surface area contributed by atoms with E-state index in [0.29, 0.717) is 4.90 Å². The molecule has 1 aliphatic rings. The maximum Gasteiger partial charge on any atom is 0.435 e. The summed E-state index contributed by atoms with van der Waals surface area (Å²) in [7, 11) is 0. The van der Waals surface area contributed by atoms with Gasteiger partial charge in [0.15, 0.2) is 11.7 Å². The number of benzene rings is 2. The lowest BCUT2D eigenvalue weighted by atomic mass is 9.89. The van der Waals surface area contributed by atoms with Crippen molar-refractivity contribution in [1.29, 1.82) is 0 Å². The predicted molar refractivity (Wildman–Crippen MR) is 111 cm³/mol.